The molecule has 2 rings (SSSR count). The molecule has 1 aromatic carbocycles. The van der Waals surface area contributed by atoms with Gasteiger partial charge in [0.25, 0.3) is 0 Å². The van der Waals surface area contributed by atoms with Crippen LogP contribution in [-0.4, -0.2) is 23.5 Å². The van der Waals surface area contributed by atoms with Crippen molar-refractivity contribution in [1.29, 1.82) is 0 Å². The van der Waals surface area contributed by atoms with Gasteiger partial charge in [0, 0.05) is 0 Å². The molecule has 0 aliphatic rings. The molecule has 1 aromatic heterocycles. The maximum atomic E-state index is 5.89. The van der Waals surface area contributed by atoms with Crippen LogP contribution in [0.5, 0.6) is 11.5 Å². The molecule has 0 atom stereocenters. The third kappa shape index (κ3) is 2.81. The number of aromatic nitrogens is 2. The molecule has 0 amide bonds. The molecule has 0 saturated carbocycles. The van der Waals surface area contributed by atoms with Crippen LogP contribution in [-0.2, 0) is 6.54 Å². The van der Waals surface area contributed by atoms with Gasteiger partial charge in [0.2, 0.25) is 0 Å². The van der Waals surface area contributed by atoms with E-state index in [2.05, 4.69) is 5.10 Å². The third-order valence-electron chi connectivity index (χ3n) is 3.07. The van der Waals surface area contributed by atoms with Gasteiger partial charge in [0.15, 0.2) is 11.5 Å². The molecule has 0 fully saturated rings. The summed E-state index contributed by atoms with van der Waals surface area (Å²) in [6.07, 6.45) is 0. The van der Waals surface area contributed by atoms with E-state index in [0.717, 1.165) is 28.6 Å². The van der Waals surface area contributed by atoms with Gasteiger partial charge in [-0.3, -0.25) is 4.68 Å². The first-order valence-electron chi connectivity index (χ1n) is 6.18. The Morgan fingerprint density at radius 2 is 1.89 bits per heavy atom. The van der Waals surface area contributed by atoms with Gasteiger partial charge in [0.05, 0.1) is 30.7 Å². The predicted octanol–water partition coefficient (Wildman–Crippen LogP) is 2.17. The number of nitrogens with two attached hydrogens (primary N) is 1. The van der Waals surface area contributed by atoms with E-state index in [9.17, 15) is 0 Å². The van der Waals surface area contributed by atoms with Crippen LogP contribution in [0.15, 0.2) is 24.3 Å². The van der Waals surface area contributed by atoms with Crippen molar-refractivity contribution >= 4 is 5.69 Å². The molecule has 0 saturated heterocycles. The lowest BCUT2D eigenvalue weighted by molar-refractivity contribution is 0.273. The summed E-state index contributed by atoms with van der Waals surface area (Å²) in [7, 11) is 1.63. The number of nitrogens with zero attached hydrogens (tertiary/aromatic N) is 2. The number of benzene rings is 1. The smallest absolute Gasteiger partial charge is 0.161 e. The van der Waals surface area contributed by atoms with Gasteiger partial charge >= 0.3 is 0 Å². The minimum absolute atomic E-state index is 0.516. The quantitative estimate of drug-likeness (QED) is 0.896. The van der Waals surface area contributed by atoms with Crippen LogP contribution in [0.4, 0.5) is 5.69 Å². The number of hydrogen-bond donors (Lipinski definition) is 1. The van der Waals surface area contributed by atoms with Gasteiger partial charge in [-0.1, -0.05) is 12.1 Å². The Hall–Kier alpha value is -2.17. The Morgan fingerprint density at radius 1 is 1.21 bits per heavy atom. The van der Waals surface area contributed by atoms with Crippen LogP contribution >= 0.6 is 0 Å². The van der Waals surface area contributed by atoms with Crippen LogP contribution in [0.3, 0.4) is 0 Å². The lowest BCUT2D eigenvalue weighted by Gasteiger charge is -2.10. The van der Waals surface area contributed by atoms with Crippen LogP contribution < -0.4 is 15.2 Å². The van der Waals surface area contributed by atoms with Crippen molar-refractivity contribution < 1.29 is 9.47 Å². The van der Waals surface area contributed by atoms with E-state index in [4.69, 9.17) is 15.2 Å². The second kappa shape index (κ2) is 5.65. The molecule has 19 heavy (non-hydrogen) atoms. The zero-order chi connectivity index (χ0) is 13.8. The molecule has 0 aliphatic carbocycles. The van der Waals surface area contributed by atoms with Crippen molar-refractivity contribution in [1.82, 2.24) is 9.78 Å². The van der Waals surface area contributed by atoms with Crippen LogP contribution in [0, 0.1) is 13.8 Å². The zero-order valence-electron chi connectivity index (χ0n) is 11.5. The van der Waals surface area contributed by atoms with E-state index in [1.807, 2.05) is 42.8 Å². The van der Waals surface area contributed by atoms with Crippen molar-refractivity contribution in [3.05, 3.63) is 35.7 Å². The topological polar surface area (TPSA) is 62.3 Å². The fraction of sp³-hybridized carbons (Fsp3) is 0.357. The standard InChI is InChI=1S/C14H19N3O2/c1-10-14(15)11(2)17(16-10)8-9-19-13-7-5-4-6-12(13)18-3/h4-7H,8-9,15H2,1-3H3. The van der Waals surface area contributed by atoms with Gasteiger partial charge in [0.1, 0.15) is 6.61 Å². The number of rotatable bonds is 5. The van der Waals surface area contributed by atoms with E-state index in [0.29, 0.717) is 13.2 Å². The number of para-hydroxylation sites is 2. The molecule has 2 aromatic rings. The minimum Gasteiger partial charge on any atom is -0.493 e. The molecule has 2 N–H and O–H groups in total. The van der Waals surface area contributed by atoms with Gasteiger partial charge in [-0.25, -0.2) is 0 Å². The van der Waals surface area contributed by atoms with E-state index >= 15 is 0 Å². The summed E-state index contributed by atoms with van der Waals surface area (Å²) >= 11 is 0. The maximum absolute atomic E-state index is 5.89. The highest BCUT2D eigenvalue weighted by Crippen LogP contribution is 2.25. The highest BCUT2D eigenvalue weighted by Gasteiger charge is 2.08. The first-order valence-corrected chi connectivity index (χ1v) is 6.18. The summed E-state index contributed by atoms with van der Waals surface area (Å²) in [5, 5.41) is 4.36. The van der Waals surface area contributed by atoms with E-state index in [-0.39, 0.29) is 0 Å². The first-order chi connectivity index (χ1) is 9.13. The Morgan fingerprint density at radius 3 is 2.47 bits per heavy atom. The molecule has 0 unspecified atom stereocenters. The van der Waals surface area contributed by atoms with Crippen LogP contribution in [0.25, 0.3) is 0 Å². The van der Waals surface area contributed by atoms with E-state index < -0.39 is 0 Å². The molecule has 1 heterocycles. The van der Waals surface area contributed by atoms with Gasteiger partial charge in [-0.2, -0.15) is 5.10 Å². The average Bonchev–Trinajstić information content (AvgIpc) is 2.67. The molecule has 0 bridgehead atoms. The monoisotopic (exact) mass is 261 g/mol. The number of nitrogen functional groups attached to an aromatic ring is 1. The minimum atomic E-state index is 0.516. The Kier molecular flexibility index (Phi) is 3.94. The average molecular weight is 261 g/mol. The number of anilines is 1. The molecule has 0 spiro atoms. The number of methoxy groups -OCH3 is 1. The second-order valence-electron chi connectivity index (χ2n) is 4.31. The van der Waals surface area contributed by atoms with Crippen molar-refractivity contribution in [2.24, 2.45) is 0 Å². The van der Waals surface area contributed by atoms with E-state index in [1.165, 1.54) is 0 Å². The maximum Gasteiger partial charge on any atom is 0.161 e. The Bertz CT molecular complexity index is 564. The molecule has 0 aliphatic heterocycles. The summed E-state index contributed by atoms with van der Waals surface area (Å²) < 4.78 is 12.8. The first kappa shape index (κ1) is 13.3. The summed E-state index contributed by atoms with van der Waals surface area (Å²) in [6, 6.07) is 7.58. The lowest BCUT2D eigenvalue weighted by atomic mass is 10.3. The normalized spacial score (nSPS) is 10.5. The van der Waals surface area contributed by atoms with E-state index in [1.54, 1.807) is 7.11 Å². The van der Waals surface area contributed by atoms with Crippen LogP contribution in [0.1, 0.15) is 11.4 Å². The van der Waals surface area contributed by atoms with Gasteiger partial charge in [-0.05, 0) is 26.0 Å². The van der Waals surface area contributed by atoms with Crippen molar-refractivity contribution in [3.63, 3.8) is 0 Å². The number of hydrogen-bond acceptors (Lipinski definition) is 4. The lowest BCUT2D eigenvalue weighted by Crippen LogP contribution is -2.11. The summed E-state index contributed by atoms with van der Waals surface area (Å²) in [5.74, 6) is 1.47. The largest absolute Gasteiger partial charge is 0.493 e. The third-order valence-corrected chi connectivity index (χ3v) is 3.07. The fourth-order valence-corrected chi connectivity index (χ4v) is 1.91. The molecule has 5 nitrogen and oxygen atoms in total. The second-order valence-corrected chi connectivity index (χ2v) is 4.31. The SMILES string of the molecule is COc1ccccc1OCCn1nc(C)c(N)c1C. The summed E-state index contributed by atoms with van der Waals surface area (Å²) in [6.45, 7) is 5.03. The number of ether oxygens (including phenoxy) is 2. The van der Waals surface area contributed by atoms with Gasteiger partial charge < -0.3 is 15.2 Å². The Labute approximate surface area is 112 Å². The van der Waals surface area contributed by atoms with Crippen molar-refractivity contribution in [2.45, 2.75) is 20.4 Å². The molecule has 5 heteroatoms. The summed E-state index contributed by atoms with van der Waals surface area (Å²) in [4.78, 5) is 0. The Balaban J connectivity index is 1.98. The molecule has 102 valence electrons. The van der Waals surface area contributed by atoms with Gasteiger partial charge in [-0.15, -0.1) is 0 Å². The van der Waals surface area contributed by atoms with Crippen molar-refractivity contribution in [3.8, 4) is 11.5 Å². The number of aryl methyl sites for hydroxylation is 1. The summed E-state index contributed by atoms with van der Waals surface area (Å²) in [5.41, 5.74) is 8.46. The van der Waals surface area contributed by atoms with Crippen molar-refractivity contribution in [2.75, 3.05) is 19.5 Å². The zero-order valence-corrected chi connectivity index (χ0v) is 11.5. The predicted molar refractivity (Wildman–Crippen MR) is 74.6 cm³/mol. The van der Waals surface area contributed by atoms with Crippen LogP contribution in [0.2, 0.25) is 0 Å². The fourth-order valence-electron chi connectivity index (χ4n) is 1.91. The molecular weight excluding hydrogens is 242 g/mol. The highest BCUT2D eigenvalue weighted by molar-refractivity contribution is 5.46. The molecule has 0 radical (unpaired) electrons. The highest BCUT2D eigenvalue weighted by atomic mass is 16.5. The molecular formula is C14H19N3O2.